The van der Waals surface area contributed by atoms with E-state index in [-0.39, 0.29) is 35.9 Å². The van der Waals surface area contributed by atoms with Crippen molar-refractivity contribution in [3.8, 4) is 5.75 Å². The number of carbonyl (C=O) groups is 3. The van der Waals surface area contributed by atoms with Gasteiger partial charge < -0.3 is 37.2 Å². The molecule has 1 aromatic carbocycles. The van der Waals surface area contributed by atoms with Gasteiger partial charge >= 0.3 is 0 Å². The smallest absolute Gasteiger partial charge is 0.249 e. The van der Waals surface area contributed by atoms with Gasteiger partial charge in [0.1, 0.15) is 23.9 Å². The number of amides is 3. The lowest BCUT2D eigenvalue weighted by atomic mass is 10.0. The summed E-state index contributed by atoms with van der Waals surface area (Å²) in [7, 11) is 0. The SMILES string of the molecule is CC(C)C[C@@H](NC(=O)[C@H](O)Cc1ccc(O)cc1)C(=O)N1CCC[C@H]1C(=O)NCCCCN=C(N)N. The topological polar surface area (TPSA) is 183 Å². The van der Waals surface area contributed by atoms with Crippen LogP contribution in [0.2, 0.25) is 0 Å². The Morgan fingerprint density at radius 2 is 1.86 bits per heavy atom. The first kappa shape index (κ1) is 28.9. The van der Waals surface area contributed by atoms with Crippen molar-refractivity contribution in [1.82, 2.24) is 15.5 Å². The lowest BCUT2D eigenvalue weighted by molar-refractivity contribution is -0.143. The van der Waals surface area contributed by atoms with Gasteiger partial charge in [-0.1, -0.05) is 26.0 Å². The Labute approximate surface area is 212 Å². The number of guanidine groups is 1. The number of aliphatic imine (C=N–C) groups is 1. The molecule has 11 nitrogen and oxygen atoms in total. The molecule has 11 heteroatoms. The van der Waals surface area contributed by atoms with Gasteiger partial charge in [0.05, 0.1) is 0 Å². The molecular formula is C25H40N6O5. The van der Waals surface area contributed by atoms with Gasteiger partial charge in [-0.15, -0.1) is 0 Å². The molecule has 0 unspecified atom stereocenters. The van der Waals surface area contributed by atoms with Gasteiger partial charge in [0.2, 0.25) is 17.7 Å². The van der Waals surface area contributed by atoms with Gasteiger partial charge in [-0.05, 0) is 55.7 Å². The van der Waals surface area contributed by atoms with Crippen LogP contribution in [0.15, 0.2) is 29.3 Å². The standard InChI is InChI=1S/C25H40N6O5/c1-16(2)14-19(30-23(35)21(33)15-17-7-9-18(32)10-8-17)24(36)31-13-5-6-20(31)22(34)28-11-3-4-12-29-25(26)27/h7-10,16,19-21,32-33H,3-6,11-15H2,1-2H3,(H,28,34)(H,30,35)(H4,26,27,29)/t19-,20+,21-/m1/s1. The summed E-state index contributed by atoms with van der Waals surface area (Å²) >= 11 is 0. The summed E-state index contributed by atoms with van der Waals surface area (Å²) in [6, 6.07) is 4.76. The molecule has 1 saturated heterocycles. The number of unbranched alkanes of at least 4 members (excludes halogenated alkanes) is 1. The molecule has 200 valence electrons. The third kappa shape index (κ3) is 9.37. The number of hydrogen-bond donors (Lipinski definition) is 6. The quantitative estimate of drug-likeness (QED) is 0.124. The summed E-state index contributed by atoms with van der Waals surface area (Å²) in [5, 5.41) is 25.4. The Morgan fingerprint density at radius 3 is 2.50 bits per heavy atom. The van der Waals surface area contributed by atoms with E-state index in [2.05, 4.69) is 15.6 Å². The minimum Gasteiger partial charge on any atom is -0.508 e. The van der Waals surface area contributed by atoms with Crippen LogP contribution in [-0.2, 0) is 20.8 Å². The van der Waals surface area contributed by atoms with Crippen molar-refractivity contribution < 1.29 is 24.6 Å². The van der Waals surface area contributed by atoms with Crippen LogP contribution in [0.5, 0.6) is 5.75 Å². The minimum atomic E-state index is -1.35. The van der Waals surface area contributed by atoms with Crippen LogP contribution >= 0.6 is 0 Å². The maximum Gasteiger partial charge on any atom is 0.249 e. The summed E-state index contributed by atoms with van der Waals surface area (Å²) in [6.45, 7) is 5.25. The van der Waals surface area contributed by atoms with Gasteiger partial charge in [0.15, 0.2) is 5.96 Å². The number of aromatic hydroxyl groups is 1. The zero-order valence-electron chi connectivity index (χ0n) is 21.2. The Bertz CT molecular complexity index is 901. The molecule has 0 spiro atoms. The zero-order valence-corrected chi connectivity index (χ0v) is 21.2. The molecule has 3 atom stereocenters. The number of likely N-dealkylation sites (tertiary alicyclic amines) is 1. The Morgan fingerprint density at radius 1 is 1.17 bits per heavy atom. The van der Waals surface area contributed by atoms with Crippen LogP contribution < -0.4 is 22.1 Å². The molecule has 0 bridgehead atoms. The molecule has 2 rings (SSSR count). The third-order valence-electron chi connectivity index (χ3n) is 6.01. The monoisotopic (exact) mass is 504 g/mol. The van der Waals surface area contributed by atoms with E-state index in [4.69, 9.17) is 11.5 Å². The second-order valence-electron chi connectivity index (χ2n) is 9.57. The molecule has 0 saturated carbocycles. The lowest BCUT2D eigenvalue weighted by Gasteiger charge is -2.30. The van der Waals surface area contributed by atoms with Crippen molar-refractivity contribution in [2.45, 2.75) is 70.6 Å². The Balaban J connectivity index is 1.95. The molecule has 36 heavy (non-hydrogen) atoms. The van der Waals surface area contributed by atoms with Gasteiger partial charge in [-0.3, -0.25) is 19.4 Å². The molecule has 0 aromatic heterocycles. The zero-order chi connectivity index (χ0) is 26.7. The highest BCUT2D eigenvalue weighted by atomic mass is 16.3. The summed E-state index contributed by atoms with van der Waals surface area (Å²) in [6.07, 6.45) is 1.75. The molecule has 1 aromatic rings. The van der Waals surface area contributed by atoms with E-state index >= 15 is 0 Å². The fourth-order valence-corrected chi connectivity index (χ4v) is 4.19. The van der Waals surface area contributed by atoms with E-state index in [1.54, 1.807) is 12.1 Å². The van der Waals surface area contributed by atoms with Crippen LogP contribution in [-0.4, -0.2) is 76.6 Å². The van der Waals surface area contributed by atoms with Gasteiger partial charge in [0.25, 0.3) is 0 Å². The molecule has 8 N–H and O–H groups in total. The first-order chi connectivity index (χ1) is 17.1. The van der Waals surface area contributed by atoms with E-state index in [0.29, 0.717) is 50.9 Å². The summed E-state index contributed by atoms with van der Waals surface area (Å²) in [5.74, 6) is -0.953. The molecule has 1 heterocycles. The number of carbonyl (C=O) groups excluding carboxylic acids is 3. The molecule has 0 radical (unpaired) electrons. The fraction of sp³-hybridized carbons (Fsp3) is 0.600. The highest BCUT2D eigenvalue weighted by Crippen LogP contribution is 2.21. The molecule has 1 fully saturated rings. The van der Waals surface area contributed by atoms with Crippen molar-refractivity contribution in [1.29, 1.82) is 0 Å². The van der Waals surface area contributed by atoms with Crippen molar-refractivity contribution in [3.63, 3.8) is 0 Å². The molecule has 1 aliphatic rings. The van der Waals surface area contributed by atoms with Crippen LogP contribution in [0.1, 0.15) is 51.5 Å². The fourth-order valence-electron chi connectivity index (χ4n) is 4.19. The number of aliphatic hydroxyl groups excluding tert-OH is 1. The lowest BCUT2D eigenvalue weighted by Crippen LogP contribution is -2.55. The number of nitrogens with zero attached hydrogens (tertiary/aromatic N) is 2. The molecule has 1 aliphatic heterocycles. The Kier molecular flexibility index (Phi) is 11.5. The minimum absolute atomic E-state index is 0.0371. The van der Waals surface area contributed by atoms with E-state index in [1.165, 1.54) is 17.0 Å². The number of nitrogens with two attached hydrogens (primary N) is 2. The average molecular weight is 505 g/mol. The van der Waals surface area contributed by atoms with E-state index in [1.807, 2.05) is 13.8 Å². The summed E-state index contributed by atoms with van der Waals surface area (Å²) in [4.78, 5) is 44.4. The molecule has 3 amide bonds. The molecule has 0 aliphatic carbocycles. The second kappa shape index (κ2) is 14.3. The third-order valence-corrected chi connectivity index (χ3v) is 6.01. The van der Waals surface area contributed by atoms with Gasteiger partial charge in [-0.25, -0.2) is 0 Å². The van der Waals surface area contributed by atoms with E-state index < -0.39 is 24.1 Å². The average Bonchev–Trinajstić information content (AvgIpc) is 3.31. The number of phenols is 1. The van der Waals surface area contributed by atoms with E-state index in [9.17, 15) is 24.6 Å². The van der Waals surface area contributed by atoms with Crippen LogP contribution in [0, 0.1) is 5.92 Å². The predicted molar refractivity (Wildman–Crippen MR) is 137 cm³/mol. The maximum atomic E-state index is 13.4. The first-order valence-corrected chi connectivity index (χ1v) is 12.5. The number of aliphatic hydroxyl groups is 1. The van der Waals surface area contributed by atoms with Gasteiger partial charge in [0, 0.05) is 26.1 Å². The first-order valence-electron chi connectivity index (χ1n) is 12.5. The van der Waals surface area contributed by atoms with Crippen LogP contribution in [0.25, 0.3) is 0 Å². The predicted octanol–water partition coefficient (Wildman–Crippen LogP) is -0.0127. The highest BCUT2D eigenvalue weighted by Gasteiger charge is 2.38. The van der Waals surface area contributed by atoms with Gasteiger partial charge in [-0.2, -0.15) is 0 Å². The van der Waals surface area contributed by atoms with Crippen molar-refractivity contribution in [2.75, 3.05) is 19.6 Å². The van der Waals surface area contributed by atoms with Crippen LogP contribution in [0.3, 0.4) is 0 Å². The van der Waals surface area contributed by atoms with Crippen molar-refractivity contribution in [2.24, 2.45) is 22.4 Å². The van der Waals surface area contributed by atoms with E-state index in [0.717, 1.165) is 6.42 Å². The number of hydrogen-bond acceptors (Lipinski definition) is 6. The second-order valence-corrected chi connectivity index (χ2v) is 9.57. The van der Waals surface area contributed by atoms with Crippen LogP contribution in [0.4, 0.5) is 0 Å². The van der Waals surface area contributed by atoms with Crippen molar-refractivity contribution in [3.05, 3.63) is 29.8 Å². The summed E-state index contributed by atoms with van der Waals surface area (Å²) in [5.41, 5.74) is 11.3. The number of phenolic OH excluding ortho intramolecular Hbond substituents is 1. The number of benzene rings is 1. The summed E-state index contributed by atoms with van der Waals surface area (Å²) < 4.78 is 0. The normalized spacial score (nSPS) is 16.9. The molecular weight excluding hydrogens is 464 g/mol. The maximum absolute atomic E-state index is 13.4. The number of rotatable bonds is 13. The Hall–Kier alpha value is -3.34. The highest BCUT2D eigenvalue weighted by molar-refractivity contribution is 5.93. The van der Waals surface area contributed by atoms with Crippen molar-refractivity contribution >= 4 is 23.7 Å². The number of nitrogens with one attached hydrogen (secondary N) is 2. The largest absolute Gasteiger partial charge is 0.508 e.